The van der Waals surface area contributed by atoms with Crippen molar-refractivity contribution in [2.75, 3.05) is 0 Å². The molecule has 0 aliphatic heterocycles. The largest absolute Gasteiger partial charge is 0.388 e. The number of aliphatic hydroxyl groups excluding tert-OH is 3. The summed E-state index contributed by atoms with van der Waals surface area (Å²) in [5.74, 6) is 0. The fraction of sp³-hybridized carbons (Fsp3) is 0.667. The SMILES string of the molecule is NC1C=CC(O)[C@H](O)C1O. The van der Waals surface area contributed by atoms with Gasteiger partial charge in [-0.25, -0.2) is 0 Å². The molecular formula is C6H11NO3. The Kier molecular flexibility index (Phi) is 2.05. The number of hydrogen-bond acceptors (Lipinski definition) is 4. The molecule has 0 aromatic rings. The van der Waals surface area contributed by atoms with Gasteiger partial charge in [-0.15, -0.1) is 0 Å². The molecule has 1 rings (SSSR count). The third-order valence-corrected chi connectivity index (χ3v) is 1.62. The van der Waals surface area contributed by atoms with Crippen molar-refractivity contribution in [3.8, 4) is 0 Å². The highest BCUT2D eigenvalue weighted by Crippen LogP contribution is 2.11. The zero-order valence-corrected chi connectivity index (χ0v) is 5.38. The third-order valence-electron chi connectivity index (χ3n) is 1.62. The molecule has 0 bridgehead atoms. The Balaban J connectivity index is 2.69. The summed E-state index contributed by atoms with van der Waals surface area (Å²) in [6.07, 6.45) is -0.348. The van der Waals surface area contributed by atoms with E-state index in [0.717, 1.165) is 0 Å². The Hall–Kier alpha value is -0.420. The summed E-state index contributed by atoms with van der Waals surface area (Å²) in [6, 6.07) is -0.571. The molecule has 0 amide bonds. The minimum absolute atomic E-state index is 0.571. The average molecular weight is 145 g/mol. The lowest BCUT2D eigenvalue weighted by molar-refractivity contribution is -0.0518. The van der Waals surface area contributed by atoms with Crippen LogP contribution in [-0.2, 0) is 0 Å². The molecule has 0 aromatic carbocycles. The number of aliphatic hydroxyl groups is 3. The van der Waals surface area contributed by atoms with Crippen molar-refractivity contribution in [3.63, 3.8) is 0 Å². The highest BCUT2D eigenvalue weighted by molar-refractivity contribution is 5.09. The molecule has 0 radical (unpaired) electrons. The van der Waals surface area contributed by atoms with Crippen LogP contribution in [0.3, 0.4) is 0 Å². The number of hydrogen-bond donors (Lipinski definition) is 4. The molecule has 0 fully saturated rings. The normalized spacial score (nSPS) is 47.6. The van der Waals surface area contributed by atoms with E-state index in [9.17, 15) is 0 Å². The van der Waals surface area contributed by atoms with Crippen LogP contribution in [0.5, 0.6) is 0 Å². The molecule has 4 nitrogen and oxygen atoms in total. The van der Waals surface area contributed by atoms with E-state index in [1.807, 2.05) is 0 Å². The van der Waals surface area contributed by atoms with Crippen LogP contribution < -0.4 is 5.73 Å². The molecule has 4 atom stereocenters. The van der Waals surface area contributed by atoms with E-state index >= 15 is 0 Å². The molecule has 0 heterocycles. The fourth-order valence-corrected chi connectivity index (χ4v) is 0.900. The average Bonchev–Trinajstić information content (AvgIpc) is 1.93. The Morgan fingerprint density at radius 1 is 1.00 bits per heavy atom. The van der Waals surface area contributed by atoms with E-state index in [0.29, 0.717) is 0 Å². The second kappa shape index (κ2) is 2.67. The summed E-state index contributed by atoms with van der Waals surface area (Å²) in [6.45, 7) is 0. The van der Waals surface area contributed by atoms with Crippen LogP contribution in [0.25, 0.3) is 0 Å². The van der Waals surface area contributed by atoms with Gasteiger partial charge in [0.05, 0.1) is 6.04 Å². The van der Waals surface area contributed by atoms with Crippen molar-refractivity contribution in [3.05, 3.63) is 12.2 Å². The van der Waals surface area contributed by atoms with E-state index < -0.39 is 24.4 Å². The maximum atomic E-state index is 9.03. The van der Waals surface area contributed by atoms with Crippen LogP contribution in [0.2, 0.25) is 0 Å². The zero-order valence-electron chi connectivity index (χ0n) is 5.38. The third kappa shape index (κ3) is 1.19. The van der Waals surface area contributed by atoms with Crippen LogP contribution >= 0.6 is 0 Å². The van der Waals surface area contributed by atoms with E-state index in [2.05, 4.69) is 0 Å². The zero-order chi connectivity index (χ0) is 7.72. The molecule has 3 unspecified atom stereocenters. The lowest BCUT2D eigenvalue weighted by atomic mass is 9.95. The predicted molar refractivity (Wildman–Crippen MR) is 35.1 cm³/mol. The minimum atomic E-state index is -1.15. The van der Waals surface area contributed by atoms with Gasteiger partial charge in [0.2, 0.25) is 0 Å². The van der Waals surface area contributed by atoms with Gasteiger partial charge in [0.1, 0.15) is 18.3 Å². The van der Waals surface area contributed by atoms with E-state index in [1.165, 1.54) is 12.2 Å². The maximum absolute atomic E-state index is 9.03. The van der Waals surface area contributed by atoms with Crippen LogP contribution in [0, 0.1) is 0 Å². The van der Waals surface area contributed by atoms with Gasteiger partial charge in [0.15, 0.2) is 0 Å². The first-order valence-corrected chi connectivity index (χ1v) is 3.11. The van der Waals surface area contributed by atoms with Crippen molar-refractivity contribution >= 4 is 0 Å². The van der Waals surface area contributed by atoms with Gasteiger partial charge >= 0.3 is 0 Å². The second-order valence-electron chi connectivity index (χ2n) is 2.43. The second-order valence-corrected chi connectivity index (χ2v) is 2.43. The van der Waals surface area contributed by atoms with Gasteiger partial charge in [-0.2, -0.15) is 0 Å². The van der Waals surface area contributed by atoms with Gasteiger partial charge in [-0.05, 0) is 0 Å². The lowest BCUT2D eigenvalue weighted by Gasteiger charge is -2.28. The quantitative estimate of drug-likeness (QED) is 0.296. The highest BCUT2D eigenvalue weighted by Gasteiger charge is 2.30. The predicted octanol–water partition coefficient (Wildman–Crippen LogP) is -2.03. The van der Waals surface area contributed by atoms with Crippen molar-refractivity contribution in [2.24, 2.45) is 5.73 Å². The van der Waals surface area contributed by atoms with E-state index in [1.54, 1.807) is 0 Å². The number of rotatable bonds is 0. The topological polar surface area (TPSA) is 86.7 Å². The van der Waals surface area contributed by atoms with Crippen molar-refractivity contribution in [2.45, 2.75) is 24.4 Å². The Morgan fingerprint density at radius 3 is 2.10 bits per heavy atom. The fourth-order valence-electron chi connectivity index (χ4n) is 0.900. The van der Waals surface area contributed by atoms with Crippen LogP contribution in [-0.4, -0.2) is 39.7 Å². The smallest absolute Gasteiger partial charge is 0.111 e. The molecule has 0 aromatic heterocycles. The molecule has 0 saturated carbocycles. The molecule has 0 spiro atoms. The molecule has 5 N–H and O–H groups in total. The Labute approximate surface area is 58.6 Å². The van der Waals surface area contributed by atoms with Gasteiger partial charge in [-0.3, -0.25) is 0 Å². The van der Waals surface area contributed by atoms with E-state index in [-0.39, 0.29) is 0 Å². The molecule has 4 heteroatoms. The summed E-state index contributed by atoms with van der Waals surface area (Å²) < 4.78 is 0. The van der Waals surface area contributed by atoms with Crippen LogP contribution in [0.1, 0.15) is 0 Å². The minimum Gasteiger partial charge on any atom is -0.388 e. The molecular weight excluding hydrogens is 134 g/mol. The van der Waals surface area contributed by atoms with Gasteiger partial charge in [0, 0.05) is 0 Å². The lowest BCUT2D eigenvalue weighted by Crippen LogP contribution is -2.49. The van der Waals surface area contributed by atoms with E-state index in [4.69, 9.17) is 21.1 Å². The first-order chi connectivity index (χ1) is 4.63. The first-order valence-electron chi connectivity index (χ1n) is 3.11. The monoisotopic (exact) mass is 145 g/mol. The summed E-state index contributed by atoms with van der Waals surface area (Å²) in [7, 11) is 0. The summed E-state index contributed by atoms with van der Waals surface area (Å²) >= 11 is 0. The Bertz CT molecular complexity index is 132. The number of nitrogens with two attached hydrogens (primary N) is 1. The van der Waals surface area contributed by atoms with Crippen LogP contribution in [0.15, 0.2) is 12.2 Å². The summed E-state index contributed by atoms with van der Waals surface area (Å²) in [4.78, 5) is 0. The van der Waals surface area contributed by atoms with Crippen molar-refractivity contribution in [1.82, 2.24) is 0 Å². The van der Waals surface area contributed by atoms with Crippen molar-refractivity contribution < 1.29 is 15.3 Å². The molecule has 0 saturated heterocycles. The molecule has 1 aliphatic carbocycles. The molecule has 58 valence electrons. The van der Waals surface area contributed by atoms with Gasteiger partial charge < -0.3 is 21.1 Å². The highest BCUT2D eigenvalue weighted by atomic mass is 16.4. The van der Waals surface area contributed by atoms with Crippen molar-refractivity contribution in [1.29, 1.82) is 0 Å². The summed E-state index contributed by atoms with van der Waals surface area (Å²) in [5.41, 5.74) is 5.32. The molecule has 10 heavy (non-hydrogen) atoms. The maximum Gasteiger partial charge on any atom is 0.111 e. The summed E-state index contributed by atoms with van der Waals surface area (Å²) in [5, 5.41) is 26.9. The standard InChI is InChI=1S/C6H11NO3/c7-3-1-2-4(8)6(10)5(3)9/h1-6,8-10H,7H2/t3?,4?,5?,6-/m0/s1. The van der Waals surface area contributed by atoms with Gasteiger partial charge in [-0.1, -0.05) is 12.2 Å². The first kappa shape index (κ1) is 7.68. The van der Waals surface area contributed by atoms with Crippen LogP contribution in [0.4, 0.5) is 0 Å². The Morgan fingerprint density at radius 2 is 1.60 bits per heavy atom. The molecule has 1 aliphatic rings. The van der Waals surface area contributed by atoms with Gasteiger partial charge in [0.25, 0.3) is 0 Å².